The summed E-state index contributed by atoms with van der Waals surface area (Å²) < 4.78 is 0. The highest BCUT2D eigenvalue weighted by atomic mass is 35.5. The molecule has 0 aliphatic heterocycles. The number of nitrogens with one attached hydrogen (secondary N) is 2. The molecule has 0 aliphatic carbocycles. The Kier molecular flexibility index (Phi) is 6.04. The molecule has 2 aromatic rings. The number of carbonyl (C=O) groups is 1. The molecule has 0 unspecified atom stereocenters. The fourth-order valence-corrected chi connectivity index (χ4v) is 2.28. The number of hydrogen-bond donors (Lipinski definition) is 2. The van der Waals surface area contributed by atoms with Crippen LogP contribution in [0.4, 0.5) is 11.4 Å². The number of halogens is 2. The molecule has 0 fully saturated rings. The van der Waals surface area contributed by atoms with Gasteiger partial charge in [0.05, 0.1) is 22.6 Å². The van der Waals surface area contributed by atoms with Gasteiger partial charge in [-0.15, -0.1) is 0 Å². The Morgan fingerprint density at radius 1 is 1.23 bits per heavy atom. The van der Waals surface area contributed by atoms with Crippen molar-refractivity contribution in [3.63, 3.8) is 0 Å². The van der Waals surface area contributed by atoms with Crippen molar-refractivity contribution in [2.24, 2.45) is 0 Å². The zero-order chi connectivity index (χ0) is 15.9. The van der Waals surface area contributed by atoms with Gasteiger partial charge in [-0.05, 0) is 36.8 Å². The minimum absolute atomic E-state index is 0.315. The van der Waals surface area contributed by atoms with Crippen molar-refractivity contribution in [1.82, 2.24) is 4.98 Å². The van der Waals surface area contributed by atoms with Crippen LogP contribution in [0.3, 0.4) is 0 Å². The summed E-state index contributed by atoms with van der Waals surface area (Å²) in [5.74, 6) is -0.315. The van der Waals surface area contributed by atoms with E-state index in [1.54, 1.807) is 30.5 Å². The van der Waals surface area contributed by atoms with Crippen molar-refractivity contribution in [3.05, 3.63) is 52.3 Å². The molecule has 0 bridgehead atoms. The second kappa shape index (κ2) is 8.01. The molecule has 0 saturated carbocycles. The number of amides is 1. The lowest BCUT2D eigenvalue weighted by Gasteiger charge is -2.08. The van der Waals surface area contributed by atoms with Gasteiger partial charge in [0, 0.05) is 11.6 Å². The van der Waals surface area contributed by atoms with Gasteiger partial charge in [0.2, 0.25) is 0 Å². The summed E-state index contributed by atoms with van der Waals surface area (Å²) >= 11 is 11.9. The Balaban J connectivity index is 2.00. The highest BCUT2D eigenvalue weighted by Gasteiger charge is 2.10. The Hall–Kier alpha value is -1.78. The maximum Gasteiger partial charge on any atom is 0.274 e. The molecule has 0 aliphatic rings. The Morgan fingerprint density at radius 3 is 2.68 bits per heavy atom. The van der Waals surface area contributed by atoms with Crippen LogP contribution in [0.25, 0.3) is 0 Å². The van der Waals surface area contributed by atoms with Crippen LogP contribution in [-0.4, -0.2) is 17.4 Å². The van der Waals surface area contributed by atoms with Crippen LogP contribution in [0.15, 0.2) is 36.5 Å². The molecule has 0 radical (unpaired) electrons. The van der Waals surface area contributed by atoms with E-state index in [0.29, 0.717) is 21.4 Å². The van der Waals surface area contributed by atoms with E-state index in [-0.39, 0.29) is 5.91 Å². The number of aromatic nitrogens is 1. The van der Waals surface area contributed by atoms with E-state index < -0.39 is 0 Å². The molecule has 0 saturated heterocycles. The number of anilines is 2. The van der Waals surface area contributed by atoms with Gasteiger partial charge in [-0.1, -0.05) is 36.5 Å². The standard InChI is InChI=1S/C16H17Cl2N3O/c1-2-3-8-19-12-5-7-15(20-10-12)16(22)21-14-6-4-11(17)9-13(14)18/h4-7,9-10,19H,2-3,8H2,1H3,(H,21,22). The molecule has 1 aromatic heterocycles. The minimum Gasteiger partial charge on any atom is -0.384 e. The predicted octanol–water partition coefficient (Wildman–Crippen LogP) is 4.85. The minimum atomic E-state index is -0.315. The van der Waals surface area contributed by atoms with Crippen molar-refractivity contribution in [3.8, 4) is 0 Å². The van der Waals surface area contributed by atoms with Crippen LogP contribution < -0.4 is 10.6 Å². The lowest BCUT2D eigenvalue weighted by atomic mass is 10.2. The molecule has 4 nitrogen and oxygen atoms in total. The van der Waals surface area contributed by atoms with E-state index in [0.717, 1.165) is 25.1 Å². The summed E-state index contributed by atoms with van der Waals surface area (Å²) in [6.45, 7) is 3.03. The van der Waals surface area contributed by atoms with E-state index in [1.807, 2.05) is 6.07 Å². The maximum absolute atomic E-state index is 12.1. The van der Waals surface area contributed by atoms with Crippen molar-refractivity contribution in [2.75, 3.05) is 17.2 Å². The fourth-order valence-electron chi connectivity index (χ4n) is 1.82. The maximum atomic E-state index is 12.1. The largest absolute Gasteiger partial charge is 0.384 e. The Bertz CT molecular complexity index is 644. The number of nitrogens with zero attached hydrogens (tertiary/aromatic N) is 1. The van der Waals surface area contributed by atoms with Gasteiger partial charge in [-0.2, -0.15) is 0 Å². The lowest BCUT2D eigenvalue weighted by Crippen LogP contribution is -2.14. The third kappa shape index (κ3) is 4.61. The molecule has 116 valence electrons. The van der Waals surface area contributed by atoms with Gasteiger partial charge in [0.1, 0.15) is 5.69 Å². The van der Waals surface area contributed by atoms with E-state index >= 15 is 0 Å². The van der Waals surface area contributed by atoms with Crippen molar-refractivity contribution in [1.29, 1.82) is 0 Å². The summed E-state index contributed by atoms with van der Waals surface area (Å²) in [4.78, 5) is 16.3. The SMILES string of the molecule is CCCCNc1ccc(C(=O)Nc2ccc(Cl)cc2Cl)nc1. The zero-order valence-corrected chi connectivity index (χ0v) is 13.7. The van der Waals surface area contributed by atoms with Crippen molar-refractivity contribution in [2.45, 2.75) is 19.8 Å². The summed E-state index contributed by atoms with van der Waals surface area (Å²) in [6, 6.07) is 8.40. The Morgan fingerprint density at radius 2 is 2.05 bits per heavy atom. The first-order valence-electron chi connectivity index (χ1n) is 7.06. The second-order valence-corrected chi connectivity index (χ2v) is 5.63. The van der Waals surface area contributed by atoms with Crippen LogP contribution in [0.2, 0.25) is 10.0 Å². The Labute approximate surface area is 139 Å². The van der Waals surface area contributed by atoms with E-state index in [4.69, 9.17) is 23.2 Å². The van der Waals surface area contributed by atoms with Crippen LogP contribution in [0.1, 0.15) is 30.3 Å². The van der Waals surface area contributed by atoms with Gasteiger partial charge in [0.15, 0.2) is 0 Å². The average Bonchev–Trinajstić information content (AvgIpc) is 2.51. The number of unbranched alkanes of at least 4 members (excludes halogenated alkanes) is 1. The summed E-state index contributed by atoms with van der Waals surface area (Å²) in [7, 11) is 0. The number of carbonyl (C=O) groups excluding carboxylic acids is 1. The fraction of sp³-hybridized carbons (Fsp3) is 0.250. The lowest BCUT2D eigenvalue weighted by molar-refractivity contribution is 0.102. The number of benzene rings is 1. The van der Waals surface area contributed by atoms with Gasteiger partial charge in [-0.3, -0.25) is 4.79 Å². The van der Waals surface area contributed by atoms with Crippen molar-refractivity contribution < 1.29 is 4.79 Å². The van der Waals surface area contributed by atoms with Gasteiger partial charge in [-0.25, -0.2) is 4.98 Å². The molecule has 1 aromatic carbocycles. The zero-order valence-electron chi connectivity index (χ0n) is 12.2. The molecule has 0 spiro atoms. The van der Waals surface area contributed by atoms with E-state index in [1.165, 1.54) is 0 Å². The van der Waals surface area contributed by atoms with Gasteiger partial charge >= 0.3 is 0 Å². The molecular weight excluding hydrogens is 321 g/mol. The highest BCUT2D eigenvalue weighted by molar-refractivity contribution is 6.36. The first-order chi connectivity index (χ1) is 10.6. The summed E-state index contributed by atoms with van der Waals surface area (Å²) in [5, 5.41) is 6.86. The number of pyridine rings is 1. The van der Waals surface area contributed by atoms with E-state index in [2.05, 4.69) is 22.5 Å². The average molecular weight is 338 g/mol. The predicted molar refractivity (Wildman–Crippen MR) is 92.0 cm³/mol. The summed E-state index contributed by atoms with van der Waals surface area (Å²) in [5.41, 5.74) is 1.73. The van der Waals surface area contributed by atoms with Crippen LogP contribution in [-0.2, 0) is 0 Å². The van der Waals surface area contributed by atoms with Gasteiger partial charge in [0.25, 0.3) is 5.91 Å². The molecule has 2 N–H and O–H groups in total. The highest BCUT2D eigenvalue weighted by Crippen LogP contribution is 2.25. The van der Waals surface area contributed by atoms with E-state index in [9.17, 15) is 4.79 Å². The van der Waals surface area contributed by atoms with Crippen LogP contribution >= 0.6 is 23.2 Å². The topological polar surface area (TPSA) is 54.0 Å². The second-order valence-electron chi connectivity index (χ2n) is 4.79. The molecule has 1 amide bonds. The third-order valence-electron chi connectivity index (χ3n) is 3.03. The molecule has 2 rings (SSSR count). The first kappa shape index (κ1) is 16.6. The first-order valence-corrected chi connectivity index (χ1v) is 7.82. The van der Waals surface area contributed by atoms with Gasteiger partial charge < -0.3 is 10.6 Å². The molecule has 1 heterocycles. The molecule has 0 atom stereocenters. The normalized spacial score (nSPS) is 10.3. The molecule has 22 heavy (non-hydrogen) atoms. The molecule has 6 heteroatoms. The monoisotopic (exact) mass is 337 g/mol. The van der Waals surface area contributed by atoms with Crippen molar-refractivity contribution >= 4 is 40.5 Å². The number of rotatable bonds is 6. The van der Waals surface area contributed by atoms with Crippen LogP contribution in [0, 0.1) is 0 Å². The quantitative estimate of drug-likeness (QED) is 0.740. The third-order valence-corrected chi connectivity index (χ3v) is 3.58. The molecular formula is C16H17Cl2N3O. The summed E-state index contributed by atoms with van der Waals surface area (Å²) in [6.07, 6.45) is 3.87. The number of hydrogen-bond acceptors (Lipinski definition) is 3. The van der Waals surface area contributed by atoms with Crippen LogP contribution in [0.5, 0.6) is 0 Å². The smallest absolute Gasteiger partial charge is 0.274 e.